The fraction of sp³-hybridized carbons (Fsp3) is 0.316. The number of anilines is 1. The molecule has 0 radical (unpaired) electrons. The van der Waals surface area contributed by atoms with Crippen LogP contribution in [0.5, 0.6) is 0 Å². The minimum Gasteiger partial charge on any atom is -0.337 e. The number of carbonyl (C=O) groups excluding carboxylic acids is 1. The van der Waals surface area contributed by atoms with Crippen LogP contribution in [-0.4, -0.2) is 12.6 Å². The van der Waals surface area contributed by atoms with Crippen LogP contribution < -0.4 is 10.6 Å². The molecule has 2 amide bonds. The molecule has 1 fully saturated rings. The van der Waals surface area contributed by atoms with Crippen molar-refractivity contribution in [2.75, 3.05) is 11.9 Å². The molecule has 0 aliphatic heterocycles. The van der Waals surface area contributed by atoms with E-state index in [1.165, 1.54) is 11.1 Å². The van der Waals surface area contributed by atoms with Crippen molar-refractivity contribution in [3.63, 3.8) is 0 Å². The highest BCUT2D eigenvalue weighted by Crippen LogP contribution is 2.47. The van der Waals surface area contributed by atoms with Crippen LogP contribution in [0.4, 0.5) is 10.5 Å². The van der Waals surface area contributed by atoms with Gasteiger partial charge in [0.05, 0.1) is 0 Å². The van der Waals surface area contributed by atoms with E-state index in [1.807, 2.05) is 25.1 Å². The highest BCUT2D eigenvalue weighted by atomic mass is 79.9. The summed E-state index contributed by atoms with van der Waals surface area (Å²) in [4.78, 5) is 12.1. The number of benzene rings is 2. The number of rotatable bonds is 4. The van der Waals surface area contributed by atoms with Gasteiger partial charge in [-0.3, -0.25) is 0 Å². The Labute approximate surface area is 145 Å². The summed E-state index contributed by atoms with van der Waals surface area (Å²) in [6, 6.07) is 14.3. The molecule has 0 atom stereocenters. The van der Waals surface area contributed by atoms with Crippen molar-refractivity contribution in [1.82, 2.24) is 5.32 Å². The van der Waals surface area contributed by atoms with E-state index in [0.717, 1.165) is 28.6 Å². The summed E-state index contributed by atoms with van der Waals surface area (Å²) >= 11 is 3.46. The molecule has 3 nitrogen and oxygen atoms in total. The maximum atomic E-state index is 12.1. The first kappa shape index (κ1) is 16.1. The lowest BCUT2D eigenvalue weighted by molar-refractivity contribution is 0.251. The number of nitrogens with one attached hydrogen (secondary N) is 2. The van der Waals surface area contributed by atoms with Crippen molar-refractivity contribution in [1.29, 1.82) is 0 Å². The Morgan fingerprint density at radius 3 is 2.43 bits per heavy atom. The largest absolute Gasteiger partial charge is 0.337 e. The number of urea groups is 1. The first-order valence-corrected chi connectivity index (χ1v) is 8.66. The Balaban J connectivity index is 1.58. The Bertz CT molecular complexity index is 721. The number of carbonyl (C=O) groups is 1. The lowest BCUT2D eigenvalue weighted by atomic mass is 9.95. The first-order chi connectivity index (χ1) is 11.0. The van der Waals surface area contributed by atoms with E-state index < -0.39 is 0 Å². The van der Waals surface area contributed by atoms with Crippen LogP contribution in [-0.2, 0) is 5.41 Å². The van der Waals surface area contributed by atoms with Gasteiger partial charge < -0.3 is 10.6 Å². The maximum absolute atomic E-state index is 12.1. The van der Waals surface area contributed by atoms with Crippen LogP contribution in [0, 0.1) is 13.8 Å². The quantitative estimate of drug-likeness (QED) is 0.785. The molecular formula is C19H21BrN2O. The van der Waals surface area contributed by atoms with Gasteiger partial charge in [-0.05, 0) is 56.0 Å². The fourth-order valence-corrected chi connectivity index (χ4v) is 3.02. The molecule has 3 rings (SSSR count). The molecule has 0 spiro atoms. The Morgan fingerprint density at radius 2 is 1.83 bits per heavy atom. The summed E-state index contributed by atoms with van der Waals surface area (Å²) in [7, 11) is 0. The molecule has 0 heterocycles. The van der Waals surface area contributed by atoms with Crippen LogP contribution in [0.15, 0.2) is 46.9 Å². The second kappa shape index (κ2) is 6.36. The molecule has 2 aromatic rings. The average molecular weight is 373 g/mol. The van der Waals surface area contributed by atoms with Gasteiger partial charge >= 0.3 is 6.03 Å². The topological polar surface area (TPSA) is 41.1 Å². The Hall–Kier alpha value is -1.81. The van der Waals surface area contributed by atoms with Gasteiger partial charge in [0.2, 0.25) is 0 Å². The normalized spacial score (nSPS) is 15.1. The zero-order valence-electron chi connectivity index (χ0n) is 13.4. The minimum atomic E-state index is -0.148. The lowest BCUT2D eigenvalue weighted by Gasteiger charge is -2.17. The molecule has 2 N–H and O–H groups in total. The second-order valence-corrected chi connectivity index (χ2v) is 7.27. The van der Waals surface area contributed by atoms with Crippen LogP contribution in [0.2, 0.25) is 0 Å². The summed E-state index contributed by atoms with van der Waals surface area (Å²) < 4.78 is 1.04. The van der Waals surface area contributed by atoms with E-state index >= 15 is 0 Å². The highest BCUT2D eigenvalue weighted by molar-refractivity contribution is 9.10. The van der Waals surface area contributed by atoms with E-state index in [-0.39, 0.29) is 11.4 Å². The molecule has 120 valence electrons. The molecule has 0 unspecified atom stereocenters. The van der Waals surface area contributed by atoms with Crippen molar-refractivity contribution in [2.24, 2.45) is 0 Å². The van der Waals surface area contributed by atoms with Crippen LogP contribution >= 0.6 is 15.9 Å². The van der Waals surface area contributed by atoms with Gasteiger partial charge in [0.1, 0.15) is 0 Å². The predicted molar refractivity (Wildman–Crippen MR) is 98.0 cm³/mol. The summed E-state index contributed by atoms with van der Waals surface area (Å²) in [5, 5.41) is 5.92. The number of amides is 2. The van der Waals surface area contributed by atoms with Crippen molar-refractivity contribution < 1.29 is 4.79 Å². The fourth-order valence-electron chi connectivity index (χ4n) is 2.77. The SMILES string of the molecule is Cc1ccc(C2(CNC(=O)Nc3ccc(Br)c(C)c3)CC2)cc1. The zero-order valence-corrected chi connectivity index (χ0v) is 15.0. The van der Waals surface area contributed by atoms with Crippen LogP contribution in [0.25, 0.3) is 0 Å². The lowest BCUT2D eigenvalue weighted by Crippen LogP contribution is -2.35. The second-order valence-electron chi connectivity index (χ2n) is 6.42. The van der Waals surface area contributed by atoms with Gasteiger partial charge in [-0.1, -0.05) is 45.8 Å². The molecule has 1 aliphatic rings. The van der Waals surface area contributed by atoms with Crippen molar-refractivity contribution in [3.8, 4) is 0 Å². The smallest absolute Gasteiger partial charge is 0.319 e. The maximum Gasteiger partial charge on any atom is 0.319 e. The van der Waals surface area contributed by atoms with Crippen molar-refractivity contribution in [3.05, 3.63) is 63.6 Å². The number of hydrogen-bond acceptors (Lipinski definition) is 1. The Kier molecular flexibility index (Phi) is 4.44. The Morgan fingerprint density at radius 1 is 1.13 bits per heavy atom. The molecule has 4 heteroatoms. The number of halogens is 1. The third-order valence-electron chi connectivity index (χ3n) is 4.52. The van der Waals surface area contributed by atoms with Gasteiger partial charge in [-0.2, -0.15) is 0 Å². The first-order valence-electron chi connectivity index (χ1n) is 7.87. The molecule has 1 aliphatic carbocycles. The van der Waals surface area contributed by atoms with Gasteiger partial charge in [0.25, 0.3) is 0 Å². The summed E-state index contributed by atoms with van der Waals surface area (Å²) in [5.74, 6) is 0. The molecule has 1 saturated carbocycles. The van der Waals surface area contributed by atoms with E-state index in [9.17, 15) is 4.79 Å². The number of aryl methyl sites for hydroxylation is 2. The molecule has 0 bridgehead atoms. The van der Waals surface area contributed by atoms with Crippen molar-refractivity contribution in [2.45, 2.75) is 32.1 Å². The van der Waals surface area contributed by atoms with Gasteiger partial charge in [0, 0.05) is 22.1 Å². The third-order valence-corrected chi connectivity index (χ3v) is 5.41. The van der Waals surface area contributed by atoms with Gasteiger partial charge in [0.15, 0.2) is 0 Å². The van der Waals surface area contributed by atoms with E-state index in [1.54, 1.807) is 0 Å². The third kappa shape index (κ3) is 3.75. The zero-order chi connectivity index (χ0) is 16.4. The van der Waals surface area contributed by atoms with E-state index in [0.29, 0.717) is 6.54 Å². The molecule has 0 aromatic heterocycles. The molecule has 23 heavy (non-hydrogen) atoms. The predicted octanol–water partition coefficient (Wildman–Crippen LogP) is 4.92. The molecule has 2 aromatic carbocycles. The average Bonchev–Trinajstić information content (AvgIpc) is 3.31. The van der Waals surface area contributed by atoms with Crippen LogP contribution in [0.3, 0.4) is 0 Å². The van der Waals surface area contributed by atoms with Crippen molar-refractivity contribution >= 4 is 27.6 Å². The van der Waals surface area contributed by atoms with E-state index in [4.69, 9.17) is 0 Å². The summed E-state index contributed by atoms with van der Waals surface area (Å²) in [5.41, 5.74) is 4.62. The molecule has 0 saturated heterocycles. The van der Waals surface area contributed by atoms with E-state index in [2.05, 4.69) is 57.8 Å². The van der Waals surface area contributed by atoms with Gasteiger partial charge in [-0.25, -0.2) is 4.79 Å². The number of hydrogen-bond donors (Lipinski definition) is 2. The van der Waals surface area contributed by atoms with Crippen LogP contribution in [0.1, 0.15) is 29.5 Å². The monoisotopic (exact) mass is 372 g/mol. The minimum absolute atomic E-state index is 0.126. The molecular weight excluding hydrogens is 352 g/mol. The van der Waals surface area contributed by atoms with Gasteiger partial charge in [-0.15, -0.1) is 0 Å². The summed E-state index contributed by atoms with van der Waals surface area (Å²) in [6.45, 7) is 4.77. The standard InChI is InChI=1S/C19H21BrN2O/c1-13-3-5-15(6-4-13)19(9-10-19)12-21-18(23)22-16-7-8-17(20)14(2)11-16/h3-8,11H,9-10,12H2,1-2H3,(H2,21,22,23). The highest BCUT2D eigenvalue weighted by Gasteiger charge is 2.44. The summed E-state index contributed by atoms with van der Waals surface area (Å²) in [6.07, 6.45) is 2.27.